The van der Waals surface area contributed by atoms with Crippen LogP contribution in [0.25, 0.3) is 0 Å². The van der Waals surface area contributed by atoms with Crippen LogP contribution in [-0.2, 0) is 9.59 Å². The van der Waals surface area contributed by atoms with Crippen molar-refractivity contribution in [3.63, 3.8) is 0 Å². The van der Waals surface area contributed by atoms with E-state index >= 15 is 0 Å². The van der Waals surface area contributed by atoms with Crippen molar-refractivity contribution in [3.8, 4) is 0 Å². The third-order valence-corrected chi connectivity index (χ3v) is 6.34. The zero-order chi connectivity index (χ0) is 14.2. The summed E-state index contributed by atoms with van der Waals surface area (Å²) in [5.74, 6) is -1.30. The van der Waals surface area contributed by atoms with Gasteiger partial charge in [-0.1, -0.05) is 20.8 Å². The molecular weight excluding hydrogens is 244 g/mol. The number of rotatable bonds is 1. The maximum Gasteiger partial charge on any atom is 0.307 e. The normalized spacial score (nSPS) is 51.2. The van der Waals surface area contributed by atoms with E-state index in [0.29, 0.717) is 12.8 Å². The van der Waals surface area contributed by atoms with Crippen molar-refractivity contribution in [2.45, 2.75) is 46.1 Å². The third-order valence-electron chi connectivity index (χ3n) is 6.34. The number of carboxylic acids is 1. The Morgan fingerprint density at radius 2 is 2.00 bits per heavy atom. The summed E-state index contributed by atoms with van der Waals surface area (Å²) in [5.41, 5.74) is -0.500. The van der Waals surface area contributed by atoms with Crippen LogP contribution in [0.2, 0.25) is 0 Å². The van der Waals surface area contributed by atoms with E-state index in [4.69, 9.17) is 0 Å². The smallest absolute Gasteiger partial charge is 0.307 e. The van der Waals surface area contributed by atoms with E-state index < -0.39 is 23.4 Å². The molecule has 3 aliphatic rings. The van der Waals surface area contributed by atoms with Gasteiger partial charge < -0.3 is 10.2 Å². The molecule has 106 valence electrons. The Hall–Kier alpha value is -0.900. The summed E-state index contributed by atoms with van der Waals surface area (Å²) in [7, 11) is 0. The molecule has 2 bridgehead atoms. The highest BCUT2D eigenvalue weighted by atomic mass is 16.4. The lowest BCUT2D eigenvalue weighted by atomic mass is 9.59. The van der Waals surface area contributed by atoms with Crippen molar-refractivity contribution in [2.75, 3.05) is 0 Å². The molecule has 0 spiro atoms. The molecule has 3 rings (SSSR count). The second-order valence-corrected chi connectivity index (χ2v) is 7.50. The van der Waals surface area contributed by atoms with E-state index in [1.807, 2.05) is 6.92 Å². The Bertz CT molecular complexity index is 455. The number of aliphatic hydroxyl groups excluding tert-OH is 1. The van der Waals surface area contributed by atoms with Gasteiger partial charge in [-0.15, -0.1) is 0 Å². The molecule has 3 fully saturated rings. The zero-order valence-corrected chi connectivity index (χ0v) is 11.7. The first-order chi connectivity index (χ1) is 8.71. The summed E-state index contributed by atoms with van der Waals surface area (Å²) in [4.78, 5) is 23.8. The Morgan fingerprint density at radius 3 is 2.58 bits per heavy atom. The average Bonchev–Trinajstić information content (AvgIpc) is 2.61. The first-order valence-corrected chi connectivity index (χ1v) is 7.15. The molecule has 3 saturated carbocycles. The van der Waals surface area contributed by atoms with Gasteiger partial charge in [-0.25, -0.2) is 0 Å². The average molecular weight is 266 g/mol. The molecule has 0 aromatic heterocycles. The summed E-state index contributed by atoms with van der Waals surface area (Å²) in [5, 5.41) is 20.0. The highest BCUT2D eigenvalue weighted by molar-refractivity contribution is 5.87. The second kappa shape index (κ2) is 3.60. The largest absolute Gasteiger partial charge is 0.481 e. The maximum atomic E-state index is 12.1. The zero-order valence-electron chi connectivity index (χ0n) is 11.7. The van der Waals surface area contributed by atoms with Crippen molar-refractivity contribution in [1.29, 1.82) is 0 Å². The molecule has 4 heteroatoms. The number of carbonyl (C=O) groups is 2. The predicted octanol–water partition coefficient (Wildman–Crippen LogP) is 1.71. The van der Waals surface area contributed by atoms with Gasteiger partial charge in [0.1, 0.15) is 5.78 Å². The molecule has 0 aliphatic heterocycles. The quantitative estimate of drug-likeness (QED) is 0.757. The van der Waals surface area contributed by atoms with Crippen LogP contribution in [0.3, 0.4) is 0 Å². The lowest BCUT2D eigenvalue weighted by molar-refractivity contribution is -0.156. The van der Waals surface area contributed by atoms with Crippen LogP contribution >= 0.6 is 0 Å². The lowest BCUT2D eigenvalue weighted by Gasteiger charge is -2.45. The van der Waals surface area contributed by atoms with Gasteiger partial charge >= 0.3 is 5.97 Å². The van der Waals surface area contributed by atoms with Crippen LogP contribution in [0.1, 0.15) is 40.0 Å². The molecule has 0 heterocycles. The Balaban J connectivity index is 2.16. The molecule has 2 N–H and O–H groups in total. The standard InChI is InChI=1S/C15H22O4/c1-7-10(16)4-8-12-11(17)5-9(13(18)19)15(7,8)6-14(12,2)3/h7-9,11-12,17H,4-6H2,1-3H3,(H,18,19)/t7-,8-,9+,11+,12+,15+/m1/s1. The third kappa shape index (κ3) is 1.38. The summed E-state index contributed by atoms with van der Waals surface area (Å²) in [6.07, 6.45) is 0.916. The van der Waals surface area contributed by atoms with Crippen molar-refractivity contribution < 1.29 is 19.8 Å². The first-order valence-electron chi connectivity index (χ1n) is 7.15. The van der Waals surface area contributed by atoms with Crippen LogP contribution in [0, 0.1) is 34.5 Å². The molecular formula is C15H22O4. The van der Waals surface area contributed by atoms with Gasteiger partial charge in [0.2, 0.25) is 0 Å². The van der Waals surface area contributed by atoms with E-state index in [-0.39, 0.29) is 29.0 Å². The van der Waals surface area contributed by atoms with Crippen molar-refractivity contribution in [3.05, 3.63) is 0 Å². The highest BCUT2D eigenvalue weighted by Gasteiger charge is 2.72. The van der Waals surface area contributed by atoms with Gasteiger partial charge in [-0.2, -0.15) is 0 Å². The molecule has 19 heavy (non-hydrogen) atoms. The molecule has 3 aliphatic carbocycles. The SMILES string of the molecule is C[C@@H]1C(=O)C[C@@H]2[C@H]3[C@@H](O)C[C@@H](C(=O)O)[C@@]12CC3(C)C. The minimum atomic E-state index is -0.846. The van der Waals surface area contributed by atoms with Crippen LogP contribution in [0.4, 0.5) is 0 Å². The number of ketones is 1. The summed E-state index contributed by atoms with van der Waals surface area (Å²) >= 11 is 0. The molecule has 6 atom stereocenters. The Kier molecular flexibility index (Phi) is 2.48. The maximum absolute atomic E-state index is 12.1. The minimum Gasteiger partial charge on any atom is -0.481 e. The highest BCUT2D eigenvalue weighted by Crippen LogP contribution is 2.72. The number of aliphatic carboxylic acids is 1. The van der Waals surface area contributed by atoms with Gasteiger partial charge in [0.15, 0.2) is 0 Å². The Morgan fingerprint density at radius 1 is 1.37 bits per heavy atom. The van der Waals surface area contributed by atoms with E-state index in [0.717, 1.165) is 6.42 Å². The van der Waals surface area contributed by atoms with E-state index in [2.05, 4.69) is 13.8 Å². The van der Waals surface area contributed by atoms with E-state index in [9.17, 15) is 19.8 Å². The fourth-order valence-electron chi connectivity index (χ4n) is 5.81. The molecule has 0 radical (unpaired) electrons. The van der Waals surface area contributed by atoms with E-state index in [1.54, 1.807) is 0 Å². The molecule has 0 saturated heterocycles. The van der Waals surface area contributed by atoms with Crippen LogP contribution in [-0.4, -0.2) is 28.1 Å². The number of hydrogen-bond acceptors (Lipinski definition) is 3. The molecule has 4 nitrogen and oxygen atoms in total. The van der Waals surface area contributed by atoms with Crippen molar-refractivity contribution in [2.24, 2.45) is 34.5 Å². The Labute approximate surface area is 113 Å². The second-order valence-electron chi connectivity index (χ2n) is 7.50. The molecule has 0 aromatic rings. The first kappa shape index (κ1) is 13.1. The number of hydrogen-bond donors (Lipinski definition) is 2. The lowest BCUT2D eigenvalue weighted by Crippen LogP contribution is -2.48. The number of carboxylic acid groups (broad SMARTS) is 1. The number of Topliss-reactive ketones (excluding diaryl/α,β-unsaturated/α-hetero) is 1. The van der Waals surface area contributed by atoms with Crippen molar-refractivity contribution in [1.82, 2.24) is 0 Å². The van der Waals surface area contributed by atoms with Gasteiger partial charge in [0.05, 0.1) is 12.0 Å². The molecule has 0 amide bonds. The van der Waals surface area contributed by atoms with Gasteiger partial charge in [-0.3, -0.25) is 9.59 Å². The monoisotopic (exact) mass is 266 g/mol. The summed E-state index contributed by atoms with van der Waals surface area (Å²) in [6.45, 7) is 6.12. The predicted molar refractivity (Wildman–Crippen MR) is 68.3 cm³/mol. The fourth-order valence-corrected chi connectivity index (χ4v) is 5.81. The summed E-state index contributed by atoms with van der Waals surface area (Å²) in [6, 6.07) is 0. The van der Waals surface area contributed by atoms with Crippen LogP contribution in [0.5, 0.6) is 0 Å². The minimum absolute atomic E-state index is 0.0508. The summed E-state index contributed by atoms with van der Waals surface area (Å²) < 4.78 is 0. The molecule has 0 aromatic carbocycles. The van der Waals surface area contributed by atoms with E-state index in [1.165, 1.54) is 0 Å². The number of carbonyl (C=O) groups excluding carboxylic acids is 1. The fraction of sp³-hybridized carbons (Fsp3) is 0.867. The molecule has 0 unspecified atom stereocenters. The van der Waals surface area contributed by atoms with Gasteiger partial charge in [0, 0.05) is 12.3 Å². The topological polar surface area (TPSA) is 74.6 Å². The van der Waals surface area contributed by atoms with Crippen LogP contribution in [0.15, 0.2) is 0 Å². The van der Waals surface area contributed by atoms with Gasteiger partial charge in [0.25, 0.3) is 0 Å². The van der Waals surface area contributed by atoms with Gasteiger partial charge in [-0.05, 0) is 35.5 Å². The van der Waals surface area contributed by atoms with Crippen molar-refractivity contribution >= 4 is 11.8 Å². The number of aliphatic hydroxyl groups is 1. The van der Waals surface area contributed by atoms with Crippen LogP contribution < -0.4 is 0 Å².